The lowest BCUT2D eigenvalue weighted by Gasteiger charge is -2.30. The van der Waals surface area contributed by atoms with Crippen LogP contribution >= 0.6 is 0 Å². The number of carbonyl (C=O) groups excluding carboxylic acids is 2. The Morgan fingerprint density at radius 1 is 1.05 bits per heavy atom. The molecule has 2 heterocycles. The van der Waals surface area contributed by atoms with Crippen molar-refractivity contribution in [3.8, 4) is 0 Å². The van der Waals surface area contributed by atoms with E-state index in [2.05, 4.69) is 10.6 Å². The Morgan fingerprint density at radius 2 is 1.81 bits per heavy atom. The number of aromatic nitrogens is 1. The maximum Gasteiger partial charge on any atom is 0.250 e. The van der Waals surface area contributed by atoms with Crippen LogP contribution in [0.5, 0.6) is 0 Å². The minimum Gasteiger partial charge on any atom is -0.354 e. The lowest BCUT2D eigenvalue weighted by molar-refractivity contribution is -0.124. The van der Waals surface area contributed by atoms with E-state index in [0.717, 1.165) is 36.9 Å². The number of rotatable bonds is 7. The van der Waals surface area contributed by atoms with Crippen molar-refractivity contribution in [2.75, 3.05) is 10.2 Å². The third-order valence-corrected chi connectivity index (χ3v) is 7.84. The van der Waals surface area contributed by atoms with E-state index in [1.807, 2.05) is 53.4 Å². The van der Waals surface area contributed by atoms with Gasteiger partial charge in [0.15, 0.2) is 0 Å². The fourth-order valence-electron chi connectivity index (χ4n) is 5.47. The van der Waals surface area contributed by atoms with Gasteiger partial charge in [0, 0.05) is 48.4 Å². The minimum absolute atomic E-state index is 0.0251. The number of amides is 2. The minimum atomic E-state index is -0.582. The first-order chi connectivity index (χ1) is 17.9. The normalized spacial score (nSPS) is 21.6. The highest BCUT2D eigenvalue weighted by molar-refractivity contribution is 6.05. The van der Waals surface area contributed by atoms with Gasteiger partial charge in [-0.2, -0.15) is 0 Å². The second-order valence-corrected chi connectivity index (χ2v) is 10.4. The summed E-state index contributed by atoms with van der Waals surface area (Å²) in [5.41, 5.74) is 3.01. The molecule has 2 amide bonds. The zero-order valence-electron chi connectivity index (χ0n) is 20.6. The van der Waals surface area contributed by atoms with E-state index >= 15 is 0 Å². The first-order valence-electron chi connectivity index (χ1n) is 12.7. The van der Waals surface area contributed by atoms with E-state index in [9.17, 15) is 14.4 Å². The molecule has 1 spiro atoms. The van der Waals surface area contributed by atoms with Crippen molar-refractivity contribution in [3.05, 3.63) is 88.3 Å². The molecule has 37 heavy (non-hydrogen) atoms. The summed E-state index contributed by atoms with van der Waals surface area (Å²) < 4.78 is 1.49. The van der Waals surface area contributed by atoms with Gasteiger partial charge in [-0.25, -0.2) is 0 Å². The number of hydrogen-bond acceptors (Lipinski definition) is 5. The van der Waals surface area contributed by atoms with Crippen molar-refractivity contribution >= 4 is 35.1 Å². The molecule has 2 atom stereocenters. The first-order valence-corrected chi connectivity index (χ1v) is 12.7. The Kier molecular flexibility index (Phi) is 5.47. The standard InChI is InChI=1S/C29H29N5O3/c1-33-17-21(9-12-24(33)35)31-23-11-10-22(15-20(23)16-30)34-25(18-5-3-2-4-6-18)26(29(13-14-29)28(34)37)32-27(36)19-7-8-19/h2-6,9-12,15-17,19,25-26,30-31H,7-8,13-14H2,1H3,(H,32,36)/t25-,26-/m1/s1. The van der Waals surface area contributed by atoms with E-state index < -0.39 is 5.41 Å². The molecule has 6 rings (SSSR count). The summed E-state index contributed by atoms with van der Waals surface area (Å²) in [6.07, 6.45) is 6.28. The van der Waals surface area contributed by atoms with Crippen molar-refractivity contribution in [1.82, 2.24) is 9.88 Å². The average molecular weight is 496 g/mol. The van der Waals surface area contributed by atoms with Crippen LogP contribution in [-0.2, 0) is 16.6 Å². The highest BCUT2D eigenvalue weighted by Crippen LogP contribution is 2.60. The molecule has 3 aromatic rings. The van der Waals surface area contributed by atoms with Crippen LogP contribution in [0.1, 0.15) is 42.9 Å². The molecule has 0 unspecified atom stereocenters. The molecule has 2 aromatic carbocycles. The van der Waals surface area contributed by atoms with Crippen LogP contribution in [0.2, 0.25) is 0 Å². The number of carbonyl (C=O) groups is 2. The fourth-order valence-corrected chi connectivity index (χ4v) is 5.47. The van der Waals surface area contributed by atoms with Crippen molar-refractivity contribution in [2.45, 2.75) is 37.8 Å². The molecule has 8 heteroatoms. The molecule has 0 radical (unpaired) electrons. The molecule has 188 valence electrons. The summed E-state index contributed by atoms with van der Waals surface area (Å²) in [7, 11) is 1.68. The van der Waals surface area contributed by atoms with Gasteiger partial charge in [-0.15, -0.1) is 0 Å². The lowest BCUT2D eigenvalue weighted by atomic mass is 9.90. The molecule has 1 aliphatic heterocycles. The highest BCUT2D eigenvalue weighted by Gasteiger charge is 2.67. The molecule has 0 bridgehead atoms. The van der Waals surface area contributed by atoms with Gasteiger partial charge in [-0.05, 0) is 55.5 Å². The van der Waals surface area contributed by atoms with Crippen molar-refractivity contribution < 1.29 is 9.59 Å². The third-order valence-electron chi connectivity index (χ3n) is 7.84. The fraction of sp³-hybridized carbons (Fsp3) is 0.310. The Hall–Kier alpha value is -4.20. The van der Waals surface area contributed by atoms with Crippen LogP contribution in [0, 0.1) is 16.7 Å². The predicted molar refractivity (Wildman–Crippen MR) is 142 cm³/mol. The van der Waals surface area contributed by atoms with Gasteiger partial charge in [-0.3, -0.25) is 14.4 Å². The van der Waals surface area contributed by atoms with E-state index in [4.69, 9.17) is 5.41 Å². The van der Waals surface area contributed by atoms with Gasteiger partial charge in [-0.1, -0.05) is 30.3 Å². The number of aryl methyl sites for hydroxylation is 1. The second-order valence-electron chi connectivity index (χ2n) is 10.4. The molecule has 8 nitrogen and oxygen atoms in total. The highest BCUT2D eigenvalue weighted by atomic mass is 16.2. The topological polar surface area (TPSA) is 107 Å². The summed E-state index contributed by atoms with van der Waals surface area (Å²) in [6.45, 7) is 0. The SMILES string of the molecule is Cn1cc(Nc2ccc(N3C(=O)C4(CC4)[C@H](NC(=O)C4CC4)[C@H]3c3ccccc3)cc2C=N)ccc1=O. The Morgan fingerprint density at radius 3 is 2.46 bits per heavy atom. The molecule has 3 aliphatic rings. The largest absolute Gasteiger partial charge is 0.354 e. The monoisotopic (exact) mass is 495 g/mol. The molecule has 3 fully saturated rings. The van der Waals surface area contributed by atoms with Gasteiger partial charge in [0.1, 0.15) is 0 Å². The molecule has 2 aliphatic carbocycles. The zero-order chi connectivity index (χ0) is 25.7. The molecular formula is C29H29N5O3. The van der Waals surface area contributed by atoms with Gasteiger partial charge >= 0.3 is 0 Å². The van der Waals surface area contributed by atoms with Crippen LogP contribution in [0.4, 0.5) is 17.1 Å². The van der Waals surface area contributed by atoms with Crippen molar-refractivity contribution in [3.63, 3.8) is 0 Å². The first kappa shape index (κ1) is 23.2. The van der Waals surface area contributed by atoms with Gasteiger partial charge < -0.3 is 25.5 Å². The van der Waals surface area contributed by atoms with E-state index in [0.29, 0.717) is 16.9 Å². The quantitative estimate of drug-likeness (QED) is 0.432. The molecular weight excluding hydrogens is 466 g/mol. The number of nitrogens with zero attached hydrogens (tertiary/aromatic N) is 2. The Bertz CT molecular complexity index is 1460. The molecule has 1 saturated heterocycles. The number of pyridine rings is 1. The van der Waals surface area contributed by atoms with Crippen molar-refractivity contribution in [2.24, 2.45) is 18.4 Å². The Labute approximate surface area is 214 Å². The van der Waals surface area contributed by atoms with Crippen LogP contribution < -0.4 is 21.1 Å². The van der Waals surface area contributed by atoms with E-state index in [1.54, 1.807) is 19.3 Å². The van der Waals surface area contributed by atoms with Gasteiger partial charge in [0.2, 0.25) is 17.4 Å². The molecule has 1 aromatic heterocycles. The number of anilines is 3. The van der Waals surface area contributed by atoms with Crippen LogP contribution in [0.15, 0.2) is 71.7 Å². The van der Waals surface area contributed by atoms with Gasteiger partial charge in [0.25, 0.3) is 0 Å². The smallest absolute Gasteiger partial charge is 0.250 e. The maximum absolute atomic E-state index is 14.0. The average Bonchev–Trinajstić information content (AvgIpc) is 3.83. The zero-order valence-corrected chi connectivity index (χ0v) is 20.6. The van der Waals surface area contributed by atoms with Crippen LogP contribution in [0.3, 0.4) is 0 Å². The third kappa shape index (κ3) is 4.02. The number of benzene rings is 2. The van der Waals surface area contributed by atoms with E-state index in [-0.39, 0.29) is 35.4 Å². The van der Waals surface area contributed by atoms with Crippen molar-refractivity contribution in [1.29, 1.82) is 5.41 Å². The predicted octanol–water partition coefficient (Wildman–Crippen LogP) is 3.89. The summed E-state index contributed by atoms with van der Waals surface area (Å²) in [6, 6.07) is 18.0. The number of hydrogen-bond donors (Lipinski definition) is 3. The summed E-state index contributed by atoms with van der Waals surface area (Å²) in [4.78, 5) is 40.4. The molecule has 3 N–H and O–H groups in total. The van der Waals surface area contributed by atoms with E-state index in [1.165, 1.54) is 16.8 Å². The Balaban J connectivity index is 1.38. The second kappa shape index (κ2) is 8.73. The van der Waals surface area contributed by atoms with Gasteiger partial charge in [0.05, 0.1) is 23.2 Å². The summed E-state index contributed by atoms with van der Waals surface area (Å²) >= 11 is 0. The molecule has 2 saturated carbocycles. The number of nitrogens with one attached hydrogen (secondary N) is 3. The van der Waals surface area contributed by atoms with Crippen LogP contribution in [0.25, 0.3) is 0 Å². The summed E-state index contributed by atoms with van der Waals surface area (Å²) in [5, 5.41) is 14.6. The van der Waals surface area contributed by atoms with Crippen LogP contribution in [-0.4, -0.2) is 28.6 Å². The lowest BCUT2D eigenvalue weighted by Crippen LogP contribution is -2.44. The maximum atomic E-state index is 14.0. The summed E-state index contributed by atoms with van der Waals surface area (Å²) in [5.74, 6) is 0.129.